The number of fused-ring (bicyclic) bond motifs is 1. The molecule has 0 aromatic heterocycles. The summed E-state index contributed by atoms with van der Waals surface area (Å²) in [5.41, 5.74) is 5.89. The van der Waals surface area contributed by atoms with E-state index in [1.807, 2.05) is 24.3 Å². The average Bonchev–Trinajstić information content (AvgIpc) is 2.86. The lowest BCUT2D eigenvalue weighted by atomic mass is 9.86. The summed E-state index contributed by atoms with van der Waals surface area (Å²) >= 11 is 0. The van der Waals surface area contributed by atoms with Gasteiger partial charge in [0.1, 0.15) is 11.6 Å². The molecule has 3 aromatic carbocycles. The van der Waals surface area contributed by atoms with Crippen molar-refractivity contribution in [2.75, 3.05) is 11.9 Å². The third kappa shape index (κ3) is 6.66. The van der Waals surface area contributed by atoms with Crippen molar-refractivity contribution in [3.63, 3.8) is 0 Å². The molecule has 1 aliphatic carbocycles. The van der Waals surface area contributed by atoms with Gasteiger partial charge in [0.15, 0.2) is 0 Å². The summed E-state index contributed by atoms with van der Waals surface area (Å²) < 4.78 is 27.7. The van der Waals surface area contributed by atoms with Crippen LogP contribution in [0.5, 0.6) is 0 Å². The summed E-state index contributed by atoms with van der Waals surface area (Å²) in [6.45, 7) is 2.38. The Bertz CT molecular complexity index is 1120. The predicted octanol–water partition coefficient (Wildman–Crippen LogP) is 5.07. The van der Waals surface area contributed by atoms with Crippen molar-refractivity contribution in [2.45, 2.75) is 63.8 Å². The van der Waals surface area contributed by atoms with E-state index in [-0.39, 0.29) is 19.1 Å². The molecule has 0 bridgehead atoms. The van der Waals surface area contributed by atoms with Crippen LogP contribution in [0.4, 0.5) is 14.5 Å². The fourth-order valence-corrected chi connectivity index (χ4v) is 4.93. The molecule has 0 heterocycles. The second-order valence-electron chi connectivity index (χ2n) is 9.40. The summed E-state index contributed by atoms with van der Waals surface area (Å²) in [4.78, 5) is 0. The van der Waals surface area contributed by atoms with Crippen molar-refractivity contribution < 1.29 is 19.0 Å². The fourth-order valence-electron chi connectivity index (χ4n) is 4.93. The van der Waals surface area contributed by atoms with Crippen molar-refractivity contribution >= 4 is 5.69 Å². The number of halogens is 2. The largest absolute Gasteiger partial charge is 0.392 e. The second-order valence-corrected chi connectivity index (χ2v) is 9.40. The minimum atomic E-state index is -0.821. The molecule has 0 saturated heterocycles. The van der Waals surface area contributed by atoms with Crippen LogP contribution in [0, 0.1) is 11.6 Å². The molecule has 4 N–H and O–H groups in total. The molecular weight excluding hydrogens is 446 g/mol. The molecule has 0 aliphatic heterocycles. The first-order valence-corrected chi connectivity index (χ1v) is 12.4. The number of anilines is 1. The Hall–Kier alpha value is -2.80. The number of hydrogen-bond donors (Lipinski definition) is 4. The molecule has 0 radical (unpaired) electrons. The summed E-state index contributed by atoms with van der Waals surface area (Å²) in [6, 6.07) is 17.1. The third-order valence-electron chi connectivity index (χ3n) is 6.81. The molecule has 4 nitrogen and oxygen atoms in total. The molecule has 0 fully saturated rings. The van der Waals surface area contributed by atoms with Crippen LogP contribution in [0.15, 0.2) is 60.7 Å². The Labute approximate surface area is 206 Å². The van der Waals surface area contributed by atoms with Gasteiger partial charge in [-0.25, -0.2) is 8.78 Å². The first kappa shape index (κ1) is 25.3. The van der Waals surface area contributed by atoms with Gasteiger partial charge >= 0.3 is 0 Å². The summed E-state index contributed by atoms with van der Waals surface area (Å²) in [5.74, 6) is -1.28. The van der Waals surface area contributed by atoms with E-state index >= 15 is 0 Å². The topological polar surface area (TPSA) is 64.5 Å². The number of rotatable bonds is 10. The van der Waals surface area contributed by atoms with E-state index in [4.69, 9.17) is 0 Å². The molecule has 6 heteroatoms. The smallest absolute Gasteiger partial charge is 0.126 e. The lowest BCUT2D eigenvalue weighted by Crippen LogP contribution is -2.43. The summed E-state index contributed by atoms with van der Waals surface area (Å²) in [5, 5.41) is 27.6. The van der Waals surface area contributed by atoms with Crippen molar-refractivity contribution in [2.24, 2.45) is 0 Å². The Morgan fingerprint density at radius 1 is 0.971 bits per heavy atom. The van der Waals surface area contributed by atoms with Crippen LogP contribution >= 0.6 is 0 Å². The van der Waals surface area contributed by atoms with Crippen molar-refractivity contribution in [3.05, 3.63) is 100 Å². The van der Waals surface area contributed by atoms with E-state index in [2.05, 4.69) is 35.8 Å². The van der Waals surface area contributed by atoms with Crippen LogP contribution in [0.2, 0.25) is 0 Å². The van der Waals surface area contributed by atoms with E-state index < -0.39 is 23.8 Å². The summed E-state index contributed by atoms with van der Waals surface area (Å²) in [7, 11) is 0. The number of nitrogens with one attached hydrogen (secondary N) is 2. The van der Waals surface area contributed by atoms with Gasteiger partial charge in [-0.1, -0.05) is 37.3 Å². The Morgan fingerprint density at radius 3 is 2.51 bits per heavy atom. The zero-order valence-corrected chi connectivity index (χ0v) is 20.1. The van der Waals surface area contributed by atoms with Gasteiger partial charge in [-0.2, -0.15) is 0 Å². The molecule has 186 valence electrons. The zero-order valence-electron chi connectivity index (χ0n) is 20.1. The monoisotopic (exact) mass is 480 g/mol. The predicted molar refractivity (Wildman–Crippen MR) is 135 cm³/mol. The first-order chi connectivity index (χ1) is 16.9. The first-order valence-electron chi connectivity index (χ1n) is 12.4. The minimum absolute atomic E-state index is 0.0970. The molecule has 0 spiro atoms. The van der Waals surface area contributed by atoms with Gasteiger partial charge in [-0.15, -0.1) is 0 Å². The minimum Gasteiger partial charge on any atom is -0.392 e. The van der Waals surface area contributed by atoms with Gasteiger partial charge in [0.05, 0.1) is 18.8 Å². The molecule has 0 unspecified atom stereocenters. The number of aliphatic hydroxyl groups excluding tert-OH is 2. The Balaban J connectivity index is 1.51. The number of benzene rings is 3. The third-order valence-corrected chi connectivity index (χ3v) is 6.81. The van der Waals surface area contributed by atoms with Gasteiger partial charge in [0, 0.05) is 24.3 Å². The highest BCUT2D eigenvalue weighted by Crippen LogP contribution is 2.31. The maximum Gasteiger partial charge on any atom is 0.126 e. The summed E-state index contributed by atoms with van der Waals surface area (Å²) in [6.07, 6.45) is 3.55. The number of aliphatic hydroxyl groups is 2. The molecule has 3 aromatic rings. The van der Waals surface area contributed by atoms with E-state index in [0.29, 0.717) is 12.1 Å². The molecule has 0 saturated carbocycles. The Morgan fingerprint density at radius 2 is 1.77 bits per heavy atom. The highest BCUT2D eigenvalue weighted by Gasteiger charge is 2.25. The van der Waals surface area contributed by atoms with Crippen LogP contribution in [0.1, 0.15) is 53.6 Å². The zero-order chi connectivity index (χ0) is 24.8. The van der Waals surface area contributed by atoms with Gasteiger partial charge in [-0.3, -0.25) is 0 Å². The number of aryl methyl sites for hydroxylation is 2. The van der Waals surface area contributed by atoms with Crippen LogP contribution in [-0.4, -0.2) is 28.9 Å². The van der Waals surface area contributed by atoms with E-state index in [0.717, 1.165) is 43.0 Å². The normalized spacial score (nSPS) is 17.0. The van der Waals surface area contributed by atoms with Gasteiger partial charge < -0.3 is 20.8 Å². The van der Waals surface area contributed by atoms with Crippen molar-refractivity contribution in [3.8, 4) is 0 Å². The van der Waals surface area contributed by atoms with E-state index in [1.165, 1.54) is 28.8 Å². The maximum atomic E-state index is 13.8. The van der Waals surface area contributed by atoms with Crippen LogP contribution in [0.25, 0.3) is 0 Å². The molecule has 1 aliphatic rings. The van der Waals surface area contributed by atoms with Gasteiger partial charge in [-0.05, 0) is 84.2 Å². The quantitative estimate of drug-likeness (QED) is 0.327. The van der Waals surface area contributed by atoms with Gasteiger partial charge in [0.2, 0.25) is 0 Å². The van der Waals surface area contributed by atoms with Crippen LogP contribution in [-0.2, 0) is 25.9 Å². The molecular formula is C29H34F2N2O2. The Kier molecular flexibility index (Phi) is 8.50. The highest BCUT2D eigenvalue weighted by atomic mass is 19.1. The van der Waals surface area contributed by atoms with Gasteiger partial charge in [0.25, 0.3) is 0 Å². The van der Waals surface area contributed by atoms with Crippen molar-refractivity contribution in [1.82, 2.24) is 5.32 Å². The van der Waals surface area contributed by atoms with Crippen molar-refractivity contribution in [1.29, 1.82) is 0 Å². The van der Waals surface area contributed by atoms with E-state index in [1.54, 1.807) is 0 Å². The molecule has 4 rings (SSSR count). The number of hydrogen-bond acceptors (Lipinski definition) is 4. The lowest BCUT2D eigenvalue weighted by molar-refractivity contribution is 0.143. The van der Waals surface area contributed by atoms with Crippen LogP contribution in [0.3, 0.4) is 0 Å². The average molecular weight is 481 g/mol. The SMILES string of the molecule is CCc1ccc2c(c1)[C@@H](NC[C@@H](O)[C@H](Cc1cc(F)cc(F)c1)Nc1cccc(CO)c1)CCC2. The molecule has 3 atom stereocenters. The lowest BCUT2D eigenvalue weighted by Gasteiger charge is -2.31. The molecule has 35 heavy (non-hydrogen) atoms. The fraction of sp³-hybridized carbons (Fsp3) is 0.379. The molecule has 0 amide bonds. The van der Waals surface area contributed by atoms with Crippen LogP contribution < -0.4 is 10.6 Å². The highest BCUT2D eigenvalue weighted by molar-refractivity contribution is 5.47. The maximum absolute atomic E-state index is 13.8. The van der Waals surface area contributed by atoms with E-state index in [9.17, 15) is 19.0 Å². The second kappa shape index (κ2) is 11.8. The standard InChI is InChI=1S/C29H34F2N2O2/c1-2-19-9-10-22-6-4-8-27(26(22)14-19)32-17-29(35)28(15-21-11-23(30)16-24(31)12-21)33-25-7-3-5-20(13-25)18-34/h3,5,7,9-14,16,27-29,32-35H,2,4,6,8,15,17-18H2,1H3/t27-,28-,29+/m0/s1.